The average molecular weight is 296 g/mol. The van der Waals surface area contributed by atoms with E-state index in [1.165, 1.54) is 6.33 Å². The van der Waals surface area contributed by atoms with E-state index in [0.717, 1.165) is 18.8 Å². The maximum absolute atomic E-state index is 9.75. The maximum Gasteiger partial charge on any atom is 0.164 e. The van der Waals surface area contributed by atoms with Crippen molar-refractivity contribution in [1.29, 1.82) is 0 Å². The van der Waals surface area contributed by atoms with E-state index in [4.69, 9.17) is 16.3 Å². The summed E-state index contributed by atoms with van der Waals surface area (Å²) in [4.78, 5) is 4.18. The molecule has 1 atom stereocenters. The Morgan fingerprint density at radius 1 is 1.45 bits per heavy atom. The van der Waals surface area contributed by atoms with Crippen molar-refractivity contribution in [2.24, 2.45) is 0 Å². The fourth-order valence-electron chi connectivity index (χ4n) is 1.92. The van der Waals surface area contributed by atoms with E-state index in [1.807, 2.05) is 4.68 Å². The topological polar surface area (TPSA) is 60.2 Å². The first-order valence-electron chi connectivity index (χ1n) is 6.58. The Morgan fingerprint density at radius 3 is 2.95 bits per heavy atom. The molecule has 0 aliphatic rings. The predicted octanol–water partition coefficient (Wildman–Crippen LogP) is 2.97. The summed E-state index contributed by atoms with van der Waals surface area (Å²) in [7, 11) is 0. The first-order valence-corrected chi connectivity index (χ1v) is 6.96. The van der Waals surface area contributed by atoms with Gasteiger partial charge < -0.3 is 9.84 Å². The molecule has 2 aromatic rings. The van der Waals surface area contributed by atoms with Gasteiger partial charge in [-0.2, -0.15) is 5.10 Å². The molecule has 5 nitrogen and oxygen atoms in total. The molecule has 0 radical (unpaired) electrons. The fraction of sp³-hybridized carbons (Fsp3) is 0.429. The number of nitrogens with zero attached hydrogens (tertiary/aromatic N) is 3. The number of aliphatic hydroxyl groups excluding tert-OH is 1. The van der Waals surface area contributed by atoms with Crippen molar-refractivity contribution in [3.63, 3.8) is 0 Å². The van der Waals surface area contributed by atoms with E-state index in [2.05, 4.69) is 17.0 Å². The largest absolute Gasteiger partial charge is 0.485 e. The Labute approximate surface area is 123 Å². The minimum atomic E-state index is -0.641. The number of aliphatic hydroxyl groups is 1. The van der Waals surface area contributed by atoms with Crippen molar-refractivity contribution in [2.45, 2.75) is 39.5 Å². The van der Waals surface area contributed by atoms with Gasteiger partial charge in [-0.05, 0) is 31.5 Å². The molecule has 20 heavy (non-hydrogen) atoms. The summed E-state index contributed by atoms with van der Waals surface area (Å²) >= 11 is 5.93. The highest BCUT2D eigenvalue weighted by molar-refractivity contribution is 6.30. The SMILES string of the molecule is CCCn1ncnc1COc1ccc(Cl)cc1[C@H](C)O. The molecule has 0 amide bonds. The number of aryl methyl sites for hydroxylation is 1. The zero-order valence-corrected chi connectivity index (χ0v) is 12.3. The zero-order valence-electron chi connectivity index (χ0n) is 11.6. The number of rotatable bonds is 6. The third kappa shape index (κ3) is 3.49. The standard InChI is InChI=1S/C14H18ClN3O2/c1-3-6-18-14(16-9-17-18)8-20-13-5-4-11(15)7-12(13)10(2)19/h4-5,7,9-10,19H,3,6,8H2,1-2H3/t10-/m0/s1. The van der Waals surface area contributed by atoms with Crippen LogP contribution in [-0.4, -0.2) is 19.9 Å². The van der Waals surface area contributed by atoms with Gasteiger partial charge in [-0.15, -0.1) is 0 Å². The lowest BCUT2D eigenvalue weighted by atomic mass is 10.1. The normalized spacial score (nSPS) is 12.4. The highest BCUT2D eigenvalue weighted by Gasteiger charge is 2.11. The number of hydrogen-bond donors (Lipinski definition) is 1. The summed E-state index contributed by atoms with van der Waals surface area (Å²) in [5, 5.41) is 14.5. The second kappa shape index (κ2) is 6.72. The summed E-state index contributed by atoms with van der Waals surface area (Å²) in [6.45, 7) is 4.87. The molecule has 0 unspecified atom stereocenters. The van der Waals surface area contributed by atoms with E-state index < -0.39 is 6.10 Å². The van der Waals surface area contributed by atoms with Gasteiger partial charge in [0.25, 0.3) is 0 Å². The Morgan fingerprint density at radius 2 is 2.25 bits per heavy atom. The highest BCUT2D eigenvalue weighted by Crippen LogP contribution is 2.28. The lowest BCUT2D eigenvalue weighted by Gasteiger charge is -2.14. The van der Waals surface area contributed by atoms with Crippen LogP contribution in [0.15, 0.2) is 24.5 Å². The van der Waals surface area contributed by atoms with Gasteiger partial charge in [0.1, 0.15) is 18.7 Å². The second-order valence-corrected chi connectivity index (χ2v) is 4.98. The number of halogens is 1. The molecule has 1 N–H and O–H groups in total. The van der Waals surface area contributed by atoms with Crippen LogP contribution in [0.3, 0.4) is 0 Å². The van der Waals surface area contributed by atoms with Crippen LogP contribution in [0.5, 0.6) is 5.75 Å². The molecule has 1 heterocycles. The van der Waals surface area contributed by atoms with Crippen LogP contribution >= 0.6 is 11.6 Å². The zero-order chi connectivity index (χ0) is 14.5. The predicted molar refractivity (Wildman–Crippen MR) is 76.7 cm³/mol. The smallest absolute Gasteiger partial charge is 0.164 e. The Bertz CT molecular complexity index is 569. The summed E-state index contributed by atoms with van der Waals surface area (Å²) in [5.74, 6) is 1.37. The van der Waals surface area contributed by atoms with E-state index in [-0.39, 0.29) is 0 Å². The van der Waals surface area contributed by atoms with E-state index in [0.29, 0.717) is 22.9 Å². The van der Waals surface area contributed by atoms with Crippen LogP contribution in [-0.2, 0) is 13.2 Å². The molecule has 0 saturated carbocycles. The van der Waals surface area contributed by atoms with Gasteiger partial charge in [-0.1, -0.05) is 18.5 Å². The molecular weight excluding hydrogens is 278 g/mol. The molecule has 108 valence electrons. The summed E-state index contributed by atoms with van der Waals surface area (Å²) < 4.78 is 7.56. The third-order valence-corrected chi connectivity index (χ3v) is 3.14. The van der Waals surface area contributed by atoms with Gasteiger partial charge >= 0.3 is 0 Å². The van der Waals surface area contributed by atoms with Gasteiger partial charge in [-0.3, -0.25) is 0 Å². The molecule has 1 aromatic heterocycles. The van der Waals surface area contributed by atoms with Crippen LogP contribution in [0.25, 0.3) is 0 Å². The van der Waals surface area contributed by atoms with Crippen LogP contribution < -0.4 is 4.74 Å². The molecule has 0 bridgehead atoms. The first kappa shape index (κ1) is 14.8. The maximum atomic E-state index is 9.75. The quantitative estimate of drug-likeness (QED) is 0.890. The number of aromatic nitrogens is 3. The van der Waals surface area contributed by atoms with Crippen molar-refractivity contribution in [3.05, 3.63) is 40.9 Å². The molecule has 2 rings (SSSR count). The van der Waals surface area contributed by atoms with Crippen molar-refractivity contribution in [2.75, 3.05) is 0 Å². The van der Waals surface area contributed by atoms with Crippen LogP contribution in [0, 0.1) is 0 Å². The Balaban J connectivity index is 2.12. The van der Waals surface area contributed by atoms with E-state index in [9.17, 15) is 5.11 Å². The molecule has 0 aliphatic carbocycles. The van der Waals surface area contributed by atoms with E-state index in [1.54, 1.807) is 25.1 Å². The van der Waals surface area contributed by atoms with E-state index >= 15 is 0 Å². The number of ether oxygens (including phenoxy) is 1. The van der Waals surface area contributed by atoms with Gasteiger partial charge in [0.15, 0.2) is 5.82 Å². The summed E-state index contributed by atoms with van der Waals surface area (Å²) in [6, 6.07) is 5.20. The molecule has 6 heteroatoms. The van der Waals surface area contributed by atoms with Gasteiger partial charge in [0.2, 0.25) is 0 Å². The third-order valence-electron chi connectivity index (χ3n) is 2.91. The summed E-state index contributed by atoms with van der Waals surface area (Å²) in [6.07, 6.45) is 1.86. The minimum absolute atomic E-state index is 0.307. The molecule has 0 aliphatic heterocycles. The Kier molecular flexibility index (Phi) is 4.98. The van der Waals surface area contributed by atoms with Crippen molar-refractivity contribution >= 4 is 11.6 Å². The molecule has 0 spiro atoms. The molecular formula is C14H18ClN3O2. The number of benzene rings is 1. The van der Waals surface area contributed by atoms with Crippen LogP contribution in [0.2, 0.25) is 5.02 Å². The molecule has 1 aromatic carbocycles. The van der Waals surface area contributed by atoms with Crippen molar-refractivity contribution in [1.82, 2.24) is 14.8 Å². The van der Waals surface area contributed by atoms with Crippen molar-refractivity contribution in [3.8, 4) is 5.75 Å². The van der Waals surface area contributed by atoms with Gasteiger partial charge in [0, 0.05) is 17.1 Å². The monoisotopic (exact) mass is 295 g/mol. The first-order chi connectivity index (χ1) is 9.61. The minimum Gasteiger partial charge on any atom is -0.485 e. The lowest BCUT2D eigenvalue weighted by molar-refractivity contribution is 0.189. The second-order valence-electron chi connectivity index (χ2n) is 4.55. The van der Waals surface area contributed by atoms with Crippen LogP contribution in [0.4, 0.5) is 0 Å². The van der Waals surface area contributed by atoms with Crippen LogP contribution in [0.1, 0.15) is 37.8 Å². The Hall–Kier alpha value is -1.59. The fourth-order valence-corrected chi connectivity index (χ4v) is 2.10. The van der Waals surface area contributed by atoms with Gasteiger partial charge in [-0.25, -0.2) is 9.67 Å². The van der Waals surface area contributed by atoms with Gasteiger partial charge in [0.05, 0.1) is 6.10 Å². The average Bonchev–Trinajstić information content (AvgIpc) is 2.85. The highest BCUT2D eigenvalue weighted by atomic mass is 35.5. The summed E-state index contributed by atoms with van der Waals surface area (Å²) in [5.41, 5.74) is 0.666. The van der Waals surface area contributed by atoms with Crippen molar-refractivity contribution < 1.29 is 9.84 Å². The lowest BCUT2D eigenvalue weighted by Crippen LogP contribution is -2.09. The number of hydrogen-bond acceptors (Lipinski definition) is 4. The molecule has 0 fully saturated rings. The molecule has 0 saturated heterocycles.